The molecule has 4 heteroatoms. The largest absolute Gasteiger partial charge is 0.325 e. The fourth-order valence-corrected chi connectivity index (χ4v) is 2.24. The summed E-state index contributed by atoms with van der Waals surface area (Å²) in [5.74, 6) is 0.858. The van der Waals surface area contributed by atoms with Crippen LogP contribution in [-0.2, 0) is 13.0 Å². The second-order valence-corrected chi connectivity index (χ2v) is 4.75. The molecule has 0 amide bonds. The second-order valence-electron chi connectivity index (χ2n) is 4.75. The predicted molar refractivity (Wildman–Crippen MR) is 64.0 cm³/mol. The Morgan fingerprint density at radius 1 is 1.38 bits per heavy atom. The van der Waals surface area contributed by atoms with Gasteiger partial charge in [0.25, 0.3) is 0 Å². The maximum Gasteiger partial charge on any atom is 0.0994 e. The van der Waals surface area contributed by atoms with Crippen molar-refractivity contribution < 1.29 is 0 Å². The van der Waals surface area contributed by atoms with Crippen molar-refractivity contribution in [2.24, 2.45) is 11.7 Å². The van der Waals surface area contributed by atoms with Crippen LogP contribution >= 0.6 is 0 Å². The van der Waals surface area contributed by atoms with Gasteiger partial charge >= 0.3 is 0 Å². The first-order valence-corrected chi connectivity index (χ1v) is 6.43. The van der Waals surface area contributed by atoms with E-state index in [0.717, 1.165) is 30.9 Å². The summed E-state index contributed by atoms with van der Waals surface area (Å²) in [5.41, 5.74) is 8.02. The van der Waals surface area contributed by atoms with Gasteiger partial charge in [-0.2, -0.15) is 0 Å². The van der Waals surface area contributed by atoms with Gasteiger partial charge in [-0.15, -0.1) is 5.10 Å². The Bertz CT molecular complexity index is 337. The van der Waals surface area contributed by atoms with E-state index in [1.54, 1.807) is 0 Å². The Morgan fingerprint density at radius 3 is 2.56 bits per heavy atom. The lowest BCUT2D eigenvalue weighted by atomic mass is 10.1. The molecule has 2 N–H and O–H groups in total. The average molecular weight is 222 g/mol. The number of hydrogen-bond acceptors (Lipinski definition) is 3. The minimum Gasteiger partial charge on any atom is -0.325 e. The average Bonchev–Trinajstić information content (AvgIpc) is 3.03. The lowest BCUT2D eigenvalue weighted by molar-refractivity contribution is 0.402. The molecule has 1 aromatic rings. The van der Waals surface area contributed by atoms with Crippen LogP contribution in [0.4, 0.5) is 0 Å². The molecule has 1 aromatic heterocycles. The fraction of sp³-hybridized carbons (Fsp3) is 0.833. The van der Waals surface area contributed by atoms with E-state index in [0.29, 0.717) is 12.6 Å². The summed E-state index contributed by atoms with van der Waals surface area (Å²) in [6.07, 6.45) is 6.06. The van der Waals surface area contributed by atoms with Gasteiger partial charge in [0.05, 0.1) is 17.4 Å². The summed E-state index contributed by atoms with van der Waals surface area (Å²) >= 11 is 0. The first-order valence-electron chi connectivity index (χ1n) is 6.43. The molecule has 0 saturated heterocycles. The SMILES string of the molecule is CCC(CC)n1nnc(CN)c1CC1CC1. The molecule has 0 radical (unpaired) electrons. The molecule has 0 atom stereocenters. The van der Waals surface area contributed by atoms with Crippen LogP contribution in [0.3, 0.4) is 0 Å². The molecular weight excluding hydrogens is 200 g/mol. The maximum atomic E-state index is 5.73. The van der Waals surface area contributed by atoms with Crippen LogP contribution in [0, 0.1) is 5.92 Å². The molecule has 0 aromatic carbocycles. The van der Waals surface area contributed by atoms with Crippen molar-refractivity contribution in [3.63, 3.8) is 0 Å². The summed E-state index contributed by atoms with van der Waals surface area (Å²) in [5, 5.41) is 8.52. The van der Waals surface area contributed by atoms with Crippen molar-refractivity contribution in [3.05, 3.63) is 11.4 Å². The van der Waals surface area contributed by atoms with E-state index in [1.807, 2.05) is 0 Å². The Kier molecular flexibility index (Phi) is 3.59. The monoisotopic (exact) mass is 222 g/mol. The van der Waals surface area contributed by atoms with Crippen molar-refractivity contribution in [1.82, 2.24) is 15.0 Å². The zero-order chi connectivity index (χ0) is 11.5. The Balaban J connectivity index is 2.23. The number of hydrogen-bond donors (Lipinski definition) is 1. The maximum absolute atomic E-state index is 5.73. The predicted octanol–water partition coefficient (Wildman–Crippen LogP) is 2.05. The van der Waals surface area contributed by atoms with E-state index in [2.05, 4.69) is 28.8 Å². The van der Waals surface area contributed by atoms with Gasteiger partial charge in [0, 0.05) is 6.54 Å². The lowest BCUT2D eigenvalue weighted by Gasteiger charge is -2.16. The summed E-state index contributed by atoms with van der Waals surface area (Å²) < 4.78 is 2.13. The highest BCUT2D eigenvalue weighted by Gasteiger charge is 2.26. The third-order valence-electron chi connectivity index (χ3n) is 3.53. The molecule has 0 unspecified atom stereocenters. The van der Waals surface area contributed by atoms with Crippen molar-refractivity contribution >= 4 is 0 Å². The van der Waals surface area contributed by atoms with Crippen LogP contribution in [0.25, 0.3) is 0 Å². The van der Waals surface area contributed by atoms with Crippen molar-refractivity contribution in [2.45, 2.75) is 58.5 Å². The first-order chi connectivity index (χ1) is 7.80. The van der Waals surface area contributed by atoms with Crippen LogP contribution in [0.1, 0.15) is 57.0 Å². The van der Waals surface area contributed by atoms with Crippen LogP contribution in [-0.4, -0.2) is 15.0 Å². The lowest BCUT2D eigenvalue weighted by Crippen LogP contribution is -2.14. The molecular formula is C12H22N4. The van der Waals surface area contributed by atoms with E-state index in [9.17, 15) is 0 Å². The third-order valence-corrected chi connectivity index (χ3v) is 3.53. The number of rotatable bonds is 6. The van der Waals surface area contributed by atoms with Gasteiger partial charge in [-0.05, 0) is 38.0 Å². The number of nitrogens with two attached hydrogens (primary N) is 1. The van der Waals surface area contributed by atoms with E-state index in [-0.39, 0.29) is 0 Å². The smallest absolute Gasteiger partial charge is 0.0994 e. The molecule has 1 fully saturated rings. The van der Waals surface area contributed by atoms with Gasteiger partial charge in [0.15, 0.2) is 0 Å². The zero-order valence-electron chi connectivity index (χ0n) is 10.3. The molecule has 1 aliphatic carbocycles. The molecule has 1 saturated carbocycles. The number of nitrogens with zero attached hydrogens (tertiary/aromatic N) is 3. The van der Waals surface area contributed by atoms with Crippen molar-refractivity contribution in [1.29, 1.82) is 0 Å². The molecule has 0 bridgehead atoms. The van der Waals surface area contributed by atoms with Crippen molar-refractivity contribution in [3.8, 4) is 0 Å². The number of aromatic nitrogens is 3. The topological polar surface area (TPSA) is 56.7 Å². The fourth-order valence-electron chi connectivity index (χ4n) is 2.24. The molecule has 90 valence electrons. The van der Waals surface area contributed by atoms with Gasteiger partial charge in [0.1, 0.15) is 0 Å². The van der Waals surface area contributed by atoms with Gasteiger partial charge in [-0.1, -0.05) is 19.1 Å². The van der Waals surface area contributed by atoms with Crippen LogP contribution < -0.4 is 5.73 Å². The summed E-state index contributed by atoms with van der Waals surface area (Å²) in [6, 6.07) is 0.488. The van der Waals surface area contributed by atoms with Crippen molar-refractivity contribution in [2.75, 3.05) is 0 Å². The highest BCUT2D eigenvalue weighted by Crippen LogP contribution is 2.34. The highest BCUT2D eigenvalue weighted by atomic mass is 15.4. The second kappa shape index (κ2) is 4.95. The summed E-state index contributed by atoms with van der Waals surface area (Å²) in [6.45, 7) is 4.93. The molecule has 1 aliphatic rings. The normalized spacial score (nSPS) is 16.0. The Morgan fingerprint density at radius 2 is 2.06 bits per heavy atom. The molecule has 16 heavy (non-hydrogen) atoms. The highest BCUT2D eigenvalue weighted by molar-refractivity contribution is 5.13. The minimum absolute atomic E-state index is 0.488. The van der Waals surface area contributed by atoms with E-state index in [4.69, 9.17) is 5.73 Å². The summed E-state index contributed by atoms with van der Waals surface area (Å²) in [4.78, 5) is 0. The van der Waals surface area contributed by atoms with Crippen LogP contribution in [0.5, 0.6) is 0 Å². The van der Waals surface area contributed by atoms with E-state index >= 15 is 0 Å². The van der Waals surface area contributed by atoms with E-state index < -0.39 is 0 Å². The first kappa shape index (κ1) is 11.6. The Labute approximate surface area is 97.2 Å². The third kappa shape index (κ3) is 2.26. The van der Waals surface area contributed by atoms with E-state index in [1.165, 1.54) is 18.5 Å². The van der Waals surface area contributed by atoms with Crippen LogP contribution in [0.15, 0.2) is 0 Å². The van der Waals surface area contributed by atoms with Gasteiger partial charge < -0.3 is 5.73 Å². The standard InChI is InChI=1S/C12H22N4/c1-3-10(4-2)16-12(7-9-5-6-9)11(8-13)14-15-16/h9-10H,3-8,13H2,1-2H3. The molecule has 1 heterocycles. The molecule has 4 nitrogen and oxygen atoms in total. The van der Waals surface area contributed by atoms with Gasteiger partial charge in [-0.25, -0.2) is 4.68 Å². The Hall–Kier alpha value is -0.900. The minimum atomic E-state index is 0.488. The summed E-state index contributed by atoms with van der Waals surface area (Å²) in [7, 11) is 0. The zero-order valence-corrected chi connectivity index (χ0v) is 10.3. The van der Waals surface area contributed by atoms with Gasteiger partial charge in [0.2, 0.25) is 0 Å². The molecule has 0 aliphatic heterocycles. The molecule has 2 rings (SSSR count). The van der Waals surface area contributed by atoms with Gasteiger partial charge in [-0.3, -0.25) is 0 Å². The molecule has 0 spiro atoms. The van der Waals surface area contributed by atoms with Crippen LogP contribution in [0.2, 0.25) is 0 Å². The quantitative estimate of drug-likeness (QED) is 0.801.